The van der Waals surface area contributed by atoms with E-state index in [-0.39, 0.29) is 35.1 Å². The Bertz CT molecular complexity index is 968. The largest absolute Gasteiger partial charge is 0.389 e. The van der Waals surface area contributed by atoms with E-state index in [4.69, 9.17) is 5.26 Å². The number of rotatable bonds is 6. The Labute approximate surface area is 214 Å². The van der Waals surface area contributed by atoms with Gasteiger partial charge in [0.15, 0.2) is 0 Å². The van der Waals surface area contributed by atoms with Crippen LogP contribution < -0.4 is 0 Å². The van der Waals surface area contributed by atoms with Crippen LogP contribution in [0, 0.1) is 52.3 Å². The molecule has 0 aliphatic heterocycles. The number of amides is 1. The summed E-state index contributed by atoms with van der Waals surface area (Å²) in [6.45, 7) is 6.42. The molecule has 3 aliphatic carbocycles. The van der Waals surface area contributed by atoms with Gasteiger partial charge in [-0.1, -0.05) is 38.8 Å². The molecule has 0 aromatic heterocycles. The maximum absolute atomic E-state index is 13.8. The molecule has 0 spiro atoms. The number of nitriles is 1. The molecule has 3 fully saturated rings. The number of carbonyl (C=O) groups is 1. The Balaban J connectivity index is 1.49. The average Bonchev–Trinajstić information content (AvgIpc) is 3.20. The molecule has 1 aromatic carbocycles. The summed E-state index contributed by atoms with van der Waals surface area (Å²) < 4.78 is 40.0. The van der Waals surface area contributed by atoms with Gasteiger partial charge in [-0.3, -0.25) is 4.79 Å². The van der Waals surface area contributed by atoms with E-state index in [0.717, 1.165) is 50.5 Å². The van der Waals surface area contributed by atoms with Gasteiger partial charge in [-0.05, 0) is 98.1 Å². The van der Waals surface area contributed by atoms with Crippen molar-refractivity contribution in [3.05, 3.63) is 35.4 Å². The SMILES string of the molecule is CCCC1C(CC(F)(F)F)CCC2C1CCC1(C)C(C(=O)N(C)C(C)c3ccc(C#N)cc3)CCC21. The average molecular weight is 503 g/mol. The normalized spacial score (nSPS) is 34.8. The number of fused-ring (bicyclic) bond motifs is 3. The van der Waals surface area contributed by atoms with Crippen LogP contribution in [0.25, 0.3) is 0 Å². The Morgan fingerprint density at radius 3 is 2.44 bits per heavy atom. The summed E-state index contributed by atoms with van der Waals surface area (Å²) in [7, 11) is 1.88. The smallest absolute Gasteiger partial charge is 0.339 e. The fourth-order valence-corrected chi connectivity index (χ4v) is 8.47. The molecule has 6 heteroatoms. The van der Waals surface area contributed by atoms with Gasteiger partial charge in [-0.2, -0.15) is 18.4 Å². The van der Waals surface area contributed by atoms with Gasteiger partial charge in [0.05, 0.1) is 17.7 Å². The molecule has 36 heavy (non-hydrogen) atoms. The highest BCUT2D eigenvalue weighted by Crippen LogP contribution is 2.64. The van der Waals surface area contributed by atoms with E-state index in [1.807, 2.05) is 31.0 Å². The Hall–Kier alpha value is -2.03. The molecule has 3 nitrogen and oxygen atoms in total. The Morgan fingerprint density at radius 2 is 1.83 bits per heavy atom. The van der Waals surface area contributed by atoms with Gasteiger partial charge in [-0.25, -0.2) is 0 Å². The van der Waals surface area contributed by atoms with E-state index in [1.165, 1.54) is 0 Å². The number of carbonyl (C=O) groups excluding carboxylic acids is 1. The second-order valence-electron chi connectivity index (χ2n) is 12.1. The molecule has 8 unspecified atom stereocenters. The minimum Gasteiger partial charge on any atom is -0.339 e. The van der Waals surface area contributed by atoms with Crippen LogP contribution in [0.3, 0.4) is 0 Å². The van der Waals surface area contributed by atoms with Crippen molar-refractivity contribution >= 4 is 5.91 Å². The van der Waals surface area contributed by atoms with E-state index in [9.17, 15) is 18.0 Å². The van der Waals surface area contributed by atoms with Crippen molar-refractivity contribution in [1.82, 2.24) is 4.90 Å². The summed E-state index contributed by atoms with van der Waals surface area (Å²) >= 11 is 0. The minimum absolute atomic E-state index is 0.0354. The van der Waals surface area contributed by atoms with E-state index in [1.54, 1.807) is 12.1 Å². The molecular formula is C30H41F3N2O. The minimum atomic E-state index is -4.09. The van der Waals surface area contributed by atoms with Gasteiger partial charge in [0.2, 0.25) is 5.91 Å². The number of nitrogens with zero attached hydrogens (tertiary/aromatic N) is 2. The van der Waals surface area contributed by atoms with Crippen LogP contribution in [-0.2, 0) is 4.79 Å². The molecule has 1 amide bonds. The lowest BCUT2D eigenvalue weighted by atomic mass is 9.50. The summed E-state index contributed by atoms with van der Waals surface area (Å²) in [5, 5.41) is 9.07. The third kappa shape index (κ3) is 5.04. The molecule has 4 rings (SSSR count). The molecular weight excluding hydrogens is 461 g/mol. The van der Waals surface area contributed by atoms with Gasteiger partial charge in [0, 0.05) is 19.4 Å². The lowest BCUT2D eigenvalue weighted by molar-refractivity contribution is -0.162. The lowest BCUT2D eigenvalue weighted by Gasteiger charge is -2.55. The number of hydrogen-bond donors (Lipinski definition) is 0. The molecule has 0 heterocycles. The number of alkyl halides is 3. The summed E-state index contributed by atoms with van der Waals surface area (Å²) in [5.74, 6) is 1.31. The third-order valence-corrected chi connectivity index (χ3v) is 10.4. The van der Waals surface area contributed by atoms with Crippen LogP contribution in [0.2, 0.25) is 0 Å². The lowest BCUT2D eigenvalue weighted by Crippen LogP contribution is -2.50. The summed E-state index contributed by atoms with van der Waals surface area (Å²) in [5.41, 5.74) is 1.54. The maximum atomic E-state index is 13.8. The van der Waals surface area contributed by atoms with Crippen molar-refractivity contribution in [1.29, 1.82) is 5.26 Å². The third-order valence-electron chi connectivity index (χ3n) is 10.4. The molecule has 0 radical (unpaired) electrons. The molecule has 0 saturated heterocycles. The molecule has 1 aromatic rings. The van der Waals surface area contributed by atoms with Gasteiger partial charge in [-0.15, -0.1) is 0 Å². The fraction of sp³-hybridized carbons (Fsp3) is 0.733. The first-order valence-corrected chi connectivity index (χ1v) is 13.8. The first kappa shape index (κ1) is 27.0. The Morgan fingerprint density at radius 1 is 1.14 bits per heavy atom. The van der Waals surface area contributed by atoms with Crippen molar-refractivity contribution in [3.8, 4) is 6.07 Å². The molecule has 198 valence electrons. The quantitative estimate of drug-likeness (QED) is 0.397. The highest BCUT2D eigenvalue weighted by Gasteiger charge is 2.59. The van der Waals surface area contributed by atoms with Crippen LogP contribution in [-0.4, -0.2) is 24.0 Å². The maximum Gasteiger partial charge on any atom is 0.389 e. The van der Waals surface area contributed by atoms with Crippen LogP contribution >= 0.6 is 0 Å². The van der Waals surface area contributed by atoms with Gasteiger partial charge < -0.3 is 4.90 Å². The predicted molar refractivity (Wildman–Crippen MR) is 135 cm³/mol. The molecule has 0 bridgehead atoms. The monoisotopic (exact) mass is 502 g/mol. The standard InChI is InChI=1S/C30H41F3N2O/c1-5-6-23-22(17-30(31,32)33)11-12-25-24(23)15-16-29(3)26(25)13-14-27(29)28(36)35(4)19(2)21-9-7-20(18-34)8-10-21/h7-10,19,22-27H,5-6,11-17H2,1-4H3. The van der Waals surface area contributed by atoms with Crippen LogP contribution in [0.1, 0.15) is 95.7 Å². The van der Waals surface area contributed by atoms with Gasteiger partial charge in [0.25, 0.3) is 0 Å². The van der Waals surface area contributed by atoms with E-state index in [0.29, 0.717) is 29.7 Å². The van der Waals surface area contributed by atoms with Gasteiger partial charge in [0.1, 0.15) is 0 Å². The topological polar surface area (TPSA) is 44.1 Å². The van der Waals surface area contributed by atoms with Crippen molar-refractivity contribution in [2.45, 2.75) is 90.8 Å². The fourth-order valence-electron chi connectivity index (χ4n) is 8.47. The van der Waals surface area contributed by atoms with Crippen molar-refractivity contribution < 1.29 is 18.0 Å². The predicted octanol–water partition coefficient (Wildman–Crippen LogP) is 7.92. The second-order valence-corrected chi connectivity index (χ2v) is 12.1. The first-order chi connectivity index (χ1) is 17.0. The van der Waals surface area contributed by atoms with Crippen molar-refractivity contribution in [3.63, 3.8) is 0 Å². The highest BCUT2D eigenvalue weighted by atomic mass is 19.4. The highest BCUT2D eigenvalue weighted by molar-refractivity contribution is 5.80. The number of halogens is 3. The molecule has 3 aliphatic rings. The van der Waals surface area contributed by atoms with Crippen molar-refractivity contribution in [2.24, 2.45) is 40.9 Å². The van der Waals surface area contributed by atoms with Crippen LogP contribution in [0.15, 0.2) is 24.3 Å². The van der Waals surface area contributed by atoms with Crippen molar-refractivity contribution in [2.75, 3.05) is 7.05 Å². The Kier molecular flexibility index (Phi) is 7.79. The first-order valence-electron chi connectivity index (χ1n) is 13.8. The molecule has 0 N–H and O–H groups in total. The van der Waals surface area contributed by atoms with E-state index in [2.05, 4.69) is 19.9 Å². The summed E-state index contributed by atoms with van der Waals surface area (Å²) in [6.07, 6.45) is 2.42. The number of benzene rings is 1. The van der Waals surface area contributed by atoms with E-state index < -0.39 is 12.6 Å². The van der Waals surface area contributed by atoms with Crippen LogP contribution in [0.4, 0.5) is 13.2 Å². The van der Waals surface area contributed by atoms with Gasteiger partial charge >= 0.3 is 6.18 Å². The van der Waals surface area contributed by atoms with E-state index >= 15 is 0 Å². The van der Waals surface area contributed by atoms with Crippen LogP contribution in [0.5, 0.6) is 0 Å². The number of hydrogen-bond acceptors (Lipinski definition) is 2. The zero-order chi connectivity index (χ0) is 26.3. The molecule has 8 atom stereocenters. The zero-order valence-corrected chi connectivity index (χ0v) is 22.2. The zero-order valence-electron chi connectivity index (χ0n) is 22.2. The second kappa shape index (κ2) is 10.4. The summed E-state index contributed by atoms with van der Waals surface area (Å²) in [6, 6.07) is 9.48. The molecule has 3 saturated carbocycles. The summed E-state index contributed by atoms with van der Waals surface area (Å²) in [4.78, 5) is 15.7.